The van der Waals surface area contributed by atoms with E-state index in [1.54, 1.807) is 0 Å². The fourth-order valence-electron chi connectivity index (χ4n) is 2.36. The summed E-state index contributed by atoms with van der Waals surface area (Å²) in [6.07, 6.45) is 3.25. The highest BCUT2D eigenvalue weighted by Gasteiger charge is 2.10. The molecule has 0 atom stereocenters. The first kappa shape index (κ1) is 15.9. The van der Waals surface area contributed by atoms with Crippen molar-refractivity contribution in [2.75, 3.05) is 5.32 Å². The van der Waals surface area contributed by atoms with Crippen LogP contribution in [0.25, 0.3) is 0 Å². The smallest absolute Gasteiger partial charge is 0.152 e. The highest BCUT2D eigenvalue weighted by atomic mass is 35.5. The van der Waals surface area contributed by atoms with Crippen LogP contribution >= 0.6 is 11.6 Å². The third kappa shape index (κ3) is 4.24. The molecule has 1 aromatic carbocycles. The molecule has 0 radical (unpaired) electrons. The summed E-state index contributed by atoms with van der Waals surface area (Å²) in [5.41, 5.74) is 3.44. The van der Waals surface area contributed by atoms with Crippen LogP contribution in [0.1, 0.15) is 56.6 Å². The first-order chi connectivity index (χ1) is 10.1. The van der Waals surface area contributed by atoms with Crippen molar-refractivity contribution in [1.29, 1.82) is 0 Å². The molecular weight excluding hydrogens is 282 g/mol. The molecule has 2 N–H and O–H groups in total. The molecule has 0 spiro atoms. The van der Waals surface area contributed by atoms with Crippen molar-refractivity contribution >= 4 is 17.3 Å². The van der Waals surface area contributed by atoms with E-state index in [1.807, 2.05) is 0 Å². The first-order valence-corrected chi connectivity index (χ1v) is 8.05. The van der Waals surface area contributed by atoms with Crippen molar-refractivity contribution in [3.05, 3.63) is 46.5 Å². The number of unbranched alkanes of at least 4 members (excludes halogenated alkanes) is 1. The van der Waals surface area contributed by atoms with Gasteiger partial charge < -0.3 is 10.3 Å². The number of aromatic nitrogens is 2. The van der Waals surface area contributed by atoms with Gasteiger partial charge in [0.15, 0.2) is 5.15 Å². The SMILES string of the molecule is CCCCc1nc(Cl)c(CNc2ccccc2C(C)C)[nH]1. The van der Waals surface area contributed by atoms with E-state index >= 15 is 0 Å². The van der Waals surface area contributed by atoms with Crippen LogP contribution in [-0.4, -0.2) is 9.97 Å². The summed E-state index contributed by atoms with van der Waals surface area (Å²) in [5, 5.41) is 4.04. The van der Waals surface area contributed by atoms with Crippen molar-refractivity contribution in [2.45, 2.75) is 52.5 Å². The molecular formula is C17H24ClN3. The number of para-hydroxylation sites is 1. The van der Waals surface area contributed by atoms with Crippen molar-refractivity contribution < 1.29 is 0 Å². The molecule has 0 aliphatic carbocycles. The van der Waals surface area contributed by atoms with Crippen molar-refractivity contribution in [3.63, 3.8) is 0 Å². The lowest BCUT2D eigenvalue weighted by atomic mass is 10.0. The molecule has 0 unspecified atom stereocenters. The molecule has 1 heterocycles. The number of halogens is 1. The lowest BCUT2D eigenvalue weighted by Crippen LogP contribution is -2.04. The maximum Gasteiger partial charge on any atom is 0.152 e. The fraction of sp³-hybridized carbons (Fsp3) is 0.471. The number of hydrogen-bond acceptors (Lipinski definition) is 2. The van der Waals surface area contributed by atoms with Gasteiger partial charge in [-0.2, -0.15) is 0 Å². The minimum atomic E-state index is 0.492. The number of anilines is 1. The molecule has 0 aliphatic heterocycles. The van der Waals surface area contributed by atoms with Crippen LogP contribution in [-0.2, 0) is 13.0 Å². The molecule has 4 heteroatoms. The highest BCUT2D eigenvalue weighted by molar-refractivity contribution is 6.30. The minimum absolute atomic E-state index is 0.492. The molecule has 21 heavy (non-hydrogen) atoms. The summed E-state index contributed by atoms with van der Waals surface area (Å²) in [4.78, 5) is 7.72. The van der Waals surface area contributed by atoms with E-state index in [2.05, 4.69) is 60.3 Å². The third-order valence-electron chi connectivity index (χ3n) is 3.58. The molecule has 0 amide bonds. The summed E-state index contributed by atoms with van der Waals surface area (Å²) in [7, 11) is 0. The quantitative estimate of drug-likeness (QED) is 0.743. The maximum atomic E-state index is 6.21. The Morgan fingerprint density at radius 2 is 2.05 bits per heavy atom. The molecule has 2 aromatic rings. The number of aryl methyl sites for hydroxylation is 1. The van der Waals surface area contributed by atoms with Gasteiger partial charge >= 0.3 is 0 Å². The zero-order valence-corrected chi connectivity index (χ0v) is 13.8. The number of nitrogens with zero attached hydrogens (tertiary/aromatic N) is 1. The summed E-state index contributed by atoms with van der Waals surface area (Å²) in [5.74, 6) is 1.47. The lowest BCUT2D eigenvalue weighted by Gasteiger charge is -2.14. The van der Waals surface area contributed by atoms with E-state index in [4.69, 9.17) is 11.6 Å². The third-order valence-corrected chi connectivity index (χ3v) is 3.90. The Morgan fingerprint density at radius 3 is 2.76 bits per heavy atom. The second-order valence-corrected chi connectivity index (χ2v) is 6.01. The number of aromatic amines is 1. The van der Waals surface area contributed by atoms with Gasteiger partial charge in [-0.1, -0.05) is 57.0 Å². The Morgan fingerprint density at radius 1 is 1.29 bits per heavy atom. The number of nitrogens with one attached hydrogen (secondary N) is 2. The summed E-state index contributed by atoms with van der Waals surface area (Å²) in [6.45, 7) is 7.25. The summed E-state index contributed by atoms with van der Waals surface area (Å²) in [6, 6.07) is 8.40. The molecule has 0 fully saturated rings. The zero-order chi connectivity index (χ0) is 15.2. The van der Waals surface area contributed by atoms with Gasteiger partial charge in [-0.25, -0.2) is 4.98 Å². The van der Waals surface area contributed by atoms with Crippen molar-refractivity contribution in [2.24, 2.45) is 0 Å². The normalized spacial score (nSPS) is 11.1. The Labute approximate surface area is 132 Å². The van der Waals surface area contributed by atoms with Gasteiger partial charge in [-0.3, -0.25) is 0 Å². The van der Waals surface area contributed by atoms with E-state index in [9.17, 15) is 0 Å². The van der Waals surface area contributed by atoms with E-state index in [0.29, 0.717) is 17.6 Å². The summed E-state index contributed by atoms with van der Waals surface area (Å²) < 4.78 is 0. The monoisotopic (exact) mass is 305 g/mol. The molecule has 3 nitrogen and oxygen atoms in total. The molecule has 114 valence electrons. The van der Waals surface area contributed by atoms with Crippen LogP contribution < -0.4 is 5.32 Å². The Balaban J connectivity index is 2.05. The van der Waals surface area contributed by atoms with Gasteiger partial charge in [0.2, 0.25) is 0 Å². The number of rotatable bonds is 7. The van der Waals surface area contributed by atoms with Gasteiger partial charge in [0, 0.05) is 12.1 Å². The first-order valence-electron chi connectivity index (χ1n) is 7.67. The fourth-order valence-corrected chi connectivity index (χ4v) is 2.58. The standard InChI is InChI=1S/C17H24ClN3/c1-4-5-10-16-20-15(17(18)21-16)11-19-14-9-7-6-8-13(14)12(2)3/h6-9,12,19H,4-5,10-11H2,1-3H3,(H,20,21). The molecule has 0 saturated heterocycles. The highest BCUT2D eigenvalue weighted by Crippen LogP contribution is 2.24. The van der Waals surface area contributed by atoms with E-state index < -0.39 is 0 Å². The van der Waals surface area contributed by atoms with Gasteiger partial charge in [-0.15, -0.1) is 0 Å². The van der Waals surface area contributed by atoms with E-state index in [1.165, 1.54) is 5.56 Å². The number of benzene rings is 1. The van der Waals surface area contributed by atoms with Gasteiger partial charge in [0.05, 0.1) is 12.2 Å². The van der Waals surface area contributed by atoms with Gasteiger partial charge in [-0.05, 0) is 24.0 Å². The van der Waals surface area contributed by atoms with Crippen molar-refractivity contribution in [3.8, 4) is 0 Å². The second-order valence-electron chi connectivity index (χ2n) is 5.65. The molecule has 0 saturated carbocycles. The van der Waals surface area contributed by atoms with Gasteiger partial charge in [0.25, 0.3) is 0 Å². The Kier molecular flexibility index (Phi) is 5.68. The zero-order valence-electron chi connectivity index (χ0n) is 13.0. The van der Waals surface area contributed by atoms with Crippen LogP contribution in [0.2, 0.25) is 5.15 Å². The minimum Gasteiger partial charge on any atom is -0.379 e. The second kappa shape index (κ2) is 7.51. The summed E-state index contributed by atoms with van der Waals surface area (Å²) >= 11 is 6.21. The van der Waals surface area contributed by atoms with Crippen LogP contribution in [0.15, 0.2) is 24.3 Å². The predicted octanol–water partition coefficient (Wildman–Crippen LogP) is 5.14. The van der Waals surface area contributed by atoms with Crippen molar-refractivity contribution in [1.82, 2.24) is 9.97 Å². The number of hydrogen-bond donors (Lipinski definition) is 2. The largest absolute Gasteiger partial charge is 0.379 e. The maximum absolute atomic E-state index is 6.21. The van der Waals surface area contributed by atoms with Gasteiger partial charge in [0.1, 0.15) is 5.82 Å². The van der Waals surface area contributed by atoms with Crippen LogP contribution in [0, 0.1) is 0 Å². The van der Waals surface area contributed by atoms with Crippen LogP contribution in [0.5, 0.6) is 0 Å². The lowest BCUT2D eigenvalue weighted by molar-refractivity contribution is 0.760. The topological polar surface area (TPSA) is 40.7 Å². The van der Waals surface area contributed by atoms with Crippen LogP contribution in [0.3, 0.4) is 0 Å². The molecule has 0 bridgehead atoms. The number of imidazole rings is 1. The molecule has 1 aromatic heterocycles. The van der Waals surface area contributed by atoms with E-state index in [0.717, 1.165) is 36.5 Å². The number of H-pyrrole nitrogens is 1. The molecule has 0 aliphatic rings. The average Bonchev–Trinajstić information content (AvgIpc) is 2.83. The van der Waals surface area contributed by atoms with E-state index in [-0.39, 0.29) is 0 Å². The average molecular weight is 306 g/mol. The molecule has 2 rings (SSSR count). The Bertz CT molecular complexity index is 575. The Hall–Kier alpha value is -1.48. The predicted molar refractivity (Wildman–Crippen MR) is 90.1 cm³/mol. The van der Waals surface area contributed by atoms with Crippen LogP contribution in [0.4, 0.5) is 5.69 Å².